The highest BCUT2D eigenvalue weighted by Crippen LogP contribution is 2.34. The Kier molecular flexibility index (Phi) is 4.35. The lowest BCUT2D eigenvalue weighted by Gasteiger charge is -2.21. The van der Waals surface area contributed by atoms with E-state index in [1.165, 1.54) is 11.4 Å². The molecule has 1 aliphatic rings. The van der Waals surface area contributed by atoms with Gasteiger partial charge < -0.3 is 5.11 Å². The van der Waals surface area contributed by atoms with Crippen molar-refractivity contribution >= 4 is 26.0 Å². The van der Waals surface area contributed by atoms with Gasteiger partial charge in [-0.05, 0) is 53.2 Å². The van der Waals surface area contributed by atoms with Crippen LogP contribution in [0.15, 0.2) is 27.6 Å². The molecule has 0 amide bonds. The molecule has 0 bridgehead atoms. The molecule has 1 unspecified atom stereocenters. The molecule has 2 rings (SSSR count). The topological polar surface area (TPSA) is 57.6 Å². The number of likely N-dealkylation sites (N-methyl/N-ethyl adjacent to an activating group) is 1. The van der Waals surface area contributed by atoms with Crippen molar-refractivity contribution in [1.29, 1.82) is 0 Å². The van der Waals surface area contributed by atoms with Gasteiger partial charge in [-0.1, -0.05) is 12.1 Å². The fraction of sp³-hybridized carbons (Fsp3) is 0.538. The Morgan fingerprint density at radius 3 is 2.68 bits per heavy atom. The van der Waals surface area contributed by atoms with E-state index in [1.54, 1.807) is 12.1 Å². The fourth-order valence-corrected chi connectivity index (χ4v) is 4.18. The normalized spacial score (nSPS) is 17.7. The third kappa shape index (κ3) is 3.18. The number of aryl methyl sites for hydroxylation is 1. The third-order valence-electron chi connectivity index (χ3n) is 3.45. The van der Waals surface area contributed by atoms with E-state index in [0.29, 0.717) is 4.47 Å². The third-order valence-corrected chi connectivity index (χ3v) is 6.64. The number of rotatable bonds is 5. The molecule has 6 heteroatoms. The first-order valence-corrected chi connectivity index (χ1v) is 8.47. The number of sulfonamides is 1. The summed E-state index contributed by atoms with van der Waals surface area (Å²) in [7, 11) is -2.06. The van der Waals surface area contributed by atoms with E-state index < -0.39 is 16.1 Å². The van der Waals surface area contributed by atoms with Crippen molar-refractivity contribution in [3.05, 3.63) is 28.2 Å². The van der Waals surface area contributed by atoms with Crippen LogP contribution in [-0.4, -0.2) is 37.5 Å². The first kappa shape index (κ1) is 15.0. The number of nitrogens with zero attached hydrogens (tertiary/aromatic N) is 1. The van der Waals surface area contributed by atoms with Crippen molar-refractivity contribution < 1.29 is 13.5 Å². The summed E-state index contributed by atoms with van der Waals surface area (Å²) in [5.74, 6) is 0.263. The maximum atomic E-state index is 12.5. The number of halogens is 1. The molecule has 0 radical (unpaired) electrons. The highest BCUT2D eigenvalue weighted by Gasteiger charge is 2.33. The highest BCUT2D eigenvalue weighted by atomic mass is 79.9. The van der Waals surface area contributed by atoms with E-state index in [9.17, 15) is 13.5 Å². The minimum absolute atomic E-state index is 0.146. The number of hydrogen-bond acceptors (Lipinski definition) is 3. The molecular weight excluding hydrogens is 330 g/mol. The van der Waals surface area contributed by atoms with Crippen molar-refractivity contribution in [3.63, 3.8) is 0 Å². The van der Waals surface area contributed by atoms with E-state index >= 15 is 0 Å². The smallest absolute Gasteiger partial charge is 0.244 e. The van der Waals surface area contributed by atoms with Gasteiger partial charge in [0.1, 0.15) is 0 Å². The second-order valence-electron chi connectivity index (χ2n) is 5.08. The summed E-state index contributed by atoms with van der Waals surface area (Å²) in [6.07, 6.45) is 1.41. The van der Waals surface area contributed by atoms with Crippen LogP contribution in [0, 0.1) is 12.8 Å². The van der Waals surface area contributed by atoms with E-state index in [2.05, 4.69) is 15.9 Å². The summed E-state index contributed by atoms with van der Waals surface area (Å²) in [6.45, 7) is 2.00. The SMILES string of the molecule is Cc1cccc(S(=O)(=O)N(C)CC(O)C2CC2)c1Br. The van der Waals surface area contributed by atoms with Gasteiger partial charge in [0.05, 0.1) is 11.0 Å². The Bertz CT molecular complexity index is 569. The molecule has 0 heterocycles. The van der Waals surface area contributed by atoms with E-state index in [-0.39, 0.29) is 17.4 Å². The van der Waals surface area contributed by atoms with Crippen LogP contribution in [0.2, 0.25) is 0 Å². The number of aliphatic hydroxyl groups excluding tert-OH is 1. The molecule has 0 spiro atoms. The molecule has 106 valence electrons. The van der Waals surface area contributed by atoms with Crippen LogP contribution in [0.3, 0.4) is 0 Å². The number of benzene rings is 1. The molecule has 4 nitrogen and oxygen atoms in total. The maximum absolute atomic E-state index is 12.5. The van der Waals surface area contributed by atoms with E-state index in [1.807, 2.05) is 13.0 Å². The van der Waals surface area contributed by atoms with Crippen LogP contribution in [0.5, 0.6) is 0 Å². The lowest BCUT2D eigenvalue weighted by molar-refractivity contribution is 0.131. The molecule has 1 N–H and O–H groups in total. The molecule has 0 aromatic heterocycles. The summed E-state index contributed by atoms with van der Waals surface area (Å²) >= 11 is 3.32. The first-order valence-electron chi connectivity index (χ1n) is 6.23. The summed E-state index contributed by atoms with van der Waals surface area (Å²) in [5, 5.41) is 9.88. The molecule has 1 aliphatic carbocycles. The van der Waals surface area contributed by atoms with E-state index in [0.717, 1.165) is 18.4 Å². The first-order chi connectivity index (χ1) is 8.84. The van der Waals surface area contributed by atoms with Crippen molar-refractivity contribution in [1.82, 2.24) is 4.31 Å². The summed E-state index contributed by atoms with van der Waals surface area (Å²) < 4.78 is 26.8. The van der Waals surface area contributed by atoms with Gasteiger partial charge >= 0.3 is 0 Å². The zero-order chi connectivity index (χ0) is 14.2. The summed E-state index contributed by atoms with van der Waals surface area (Å²) in [4.78, 5) is 0.248. The molecule has 1 aromatic carbocycles. The van der Waals surface area contributed by atoms with Crippen LogP contribution in [-0.2, 0) is 10.0 Å². The summed E-state index contributed by atoms with van der Waals surface area (Å²) in [6, 6.07) is 5.15. The fourth-order valence-electron chi connectivity index (χ4n) is 1.98. The van der Waals surface area contributed by atoms with Crippen molar-refractivity contribution in [2.24, 2.45) is 5.92 Å². The van der Waals surface area contributed by atoms with Gasteiger partial charge in [0.25, 0.3) is 0 Å². The van der Waals surface area contributed by atoms with Gasteiger partial charge in [-0.25, -0.2) is 8.42 Å². The Labute approximate surface area is 122 Å². The molecule has 0 aliphatic heterocycles. The van der Waals surface area contributed by atoms with Gasteiger partial charge in [0.15, 0.2) is 0 Å². The average Bonchev–Trinajstić information content (AvgIpc) is 3.16. The lowest BCUT2D eigenvalue weighted by atomic mass is 10.2. The molecule has 1 atom stereocenters. The molecule has 1 saturated carbocycles. The van der Waals surface area contributed by atoms with Gasteiger partial charge in [0, 0.05) is 18.1 Å². The average molecular weight is 348 g/mol. The number of hydrogen-bond donors (Lipinski definition) is 1. The molecule has 19 heavy (non-hydrogen) atoms. The second kappa shape index (κ2) is 5.52. The van der Waals surface area contributed by atoms with Crippen LogP contribution >= 0.6 is 15.9 Å². The van der Waals surface area contributed by atoms with E-state index in [4.69, 9.17) is 0 Å². The maximum Gasteiger partial charge on any atom is 0.244 e. The Morgan fingerprint density at radius 2 is 2.11 bits per heavy atom. The summed E-state index contributed by atoms with van der Waals surface area (Å²) in [5.41, 5.74) is 0.872. The second-order valence-corrected chi connectivity index (χ2v) is 7.88. The highest BCUT2D eigenvalue weighted by molar-refractivity contribution is 9.10. The molecule has 0 saturated heterocycles. The van der Waals surface area contributed by atoms with Crippen LogP contribution in [0.1, 0.15) is 18.4 Å². The quantitative estimate of drug-likeness (QED) is 0.887. The van der Waals surface area contributed by atoms with Gasteiger partial charge in [-0.15, -0.1) is 0 Å². The Hall–Kier alpha value is -0.430. The Morgan fingerprint density at radius 1 is 1.47 bits per heavy atom. The van der Waals surface area contributed by atoms with Crippen LogP contribution < -0.4 is 0 Å². The number of aliphatic hydroxyl groups is 1. The van der Waals surface area contributed by atoms with Gasteiger partial charge in [-0.3, -0.25) is 0 Å². The molecular formula is C13H18BrNO3S. The van der Waals surface area contributed by atoms with Gasteiger partial charge in [-0.2, -0.15) is 4.31 Å². The molecule has 1 fully saturated rings. The monoisotopic (exact) mass is 347 g/mol. The minimum Gasteiger partial charge on any atom is -0.391 e. The van der Waals surface area contributed by atoms with Gasteiger partial charge in [0.2, 0.25) is 10.0 Å². The zero-order valence-corrected chi connectivity index (χ0v) is 13.4. The van der Waals surface area contributed by atoms with Crippen LogP contribution in [0.25, 0.3) is 0 Å². The van der Waals surface area contributed by atoms with Crippen molar-refractivity contribution in [2.45, 2.75) is 30.8 Å². The predicted octanol–water partition coefficient (Wildman–Crippen LogP) is 2.15. The predicted molar refractivity (Wildman–Crippen MR) is 77.4 cm³/mol. The lowest BCUT2D eigenvalue weighted by Crippen LogP contribution is -2.35. The van der Waals surface area contributed by atoms with Crippen molar-refractivity contribution in [3.8, 4) is 0 Å². The van der Waals surface area contributed by atoms with Crippen LogP contribution in [0.4, 0.5) is 0 Å². The largest absolute Gasteiger partial charge is 0.391 e. The molecule has 1 aromatic rings. The zero-order valence-electron chi connectivity index (χ0n) is 11.0. The van der Waals surface area contributed by atoms with Crippen molar-refractivity contribution in [2.75, 3.05) is 13.6 Å². The Balaban J connectivity index is 2.23. The minimum atomic E-state index is -3.57. The standard InChI is InChI=1S/C13H18BrNO3S/c1-9-4-3-5-12(13(9)14)19(17,18)15(2)8-11(16)10-6-7-10/h3-5,10-11,16H,6-8H2,1-2H3.